The van der Waals surface area contributed by atoms with Gasteiger partial charge >= 0.3 is 0 Å². The molecule has 0 amide bonds. The lowest BCUT2D eigenvalue weighted by molar-refractivity contribution is 0.0194. The maximum absolute atomic E-state index is 12.3. The summed E-state index contributed by atoms with van der Waals surface area (Å²) in [6, 6.07) is 6.85. The van der Waals surface area contributed by atoms with Crippen molar-refractivity contribution in [1.82, 2.24) is 0 Å². The predicted octanol–water partition coefficient (Wildman–Crippen LogP) is 1.49. The van der Waals surface area contributed by atoms with Crippen LogP contribution in [0.5, 0.6) is 28.7 Å². The number of fused-ring (bicyclic) bond motifs is 1. The number of hydrogen-bond acceptors (Lipinski definition) is 7. The number of ether oxygens (including phenoxy) is 2. The summed E-state index contributed by atoms with van der Waals surface area (Å²) in [5, 5.41) is 39.8. The molecule has 2 atom stereocenters. The summed E-state index contributed by atoms with van der Waals surface area (Å²) < 4.78 is 10.5. The fourth-order valence-electron chi connectivity index (χ4n) is 2.53. The molecule has 2 aromatic carbocycles. The van der Waals surface area contributed by atoms with Crippen molar-refractivity contribution in [2.75, 3.05) is 7.11 Å². The van der Waals surface area contributed by atoms with Crippen molar-refractivity contribution < 1.29 is 34.7 Å². The van der Waals surface area contributed by atoms with E-state index < -0.39 is 29.5 Å². The smallest absolute Gasteiger partial charge is 0.201 e. The summed E-state index contributed by atoms with van der Waals surface area (Å²) >= 11 is 0. The molecule has 120 valence electrons. The van der Waals surface area contributed by atoms with Gasteiger partial charge < -0.3 is 29.9 Å². The van der Waals surface area contributed by atoms with E-state index in [1.165, 1.54) is 37.4 Å². The lowest BCUT2D eigenvalue weighted by Crippen LogP contribution is -2.36. The van der Waals surface area contributed by atoms with E-state index in [2.05, 4.69) is 0 Å². The second kappa shape index (κ2) is 5.36. The minimum atomic E-state index is -1.59. The SMILES string of the molecule is COc1ccc2c(c1O)O[C@H](c1cccc(O)c1O)[C@@H](O)C2=O. The minimum absolute atomic E-state index is 0.00620. The normalized spacial score (nSPS) is 19.8. The molecule has 0 saturated carbocycles. The number of methoxy groups -OCH3 is 1. The summed E-state index contributed by atoms with van der Waals surface area (Å²) in [7, 11) is 1.35. The van der Waals surface area contributed by atoms with Crippen LogP contribution >= 0.6 is 0 Å². The molecule has 1 aliphatic rings. The topological polar surface area (TPSA) is 116 Å². The van der Waals surface area contributed by atoms with Crippen LogP contribution in [0.15, 0.2) is 30.3 Å². The van der Waals surface area contributed by atoms with Crippen molar-refractivity contribution in [3.8, 4) is 28.7 Å². The number of phenols is 3. The molecule has 3 rings (SSSR count). The molecule has 0 spiro atoms. The van der Waals surface area contributed by atoms with Gasteiger partial charge in [-0.05, 0) is 18.2 Å². The molecule has 0 unspecified atom stereocenters. The highest BCUT2D eigenvalue weighted by Crippen LogP contribution is 2.47. The number of ketones is 1. The molecule has 0 aliphatic carbocycles. The van der Waals surface area contributed by atoms with Crippen molar-refractivity contribution in [3.05, 3.63) is 41.5 Å². The van der Waals surface area contributed by atoms with E-state index in [9.17, 15) is 25.2 Å². The molecule has 0 fully saturated rings. The van der Waals surface area contributed by atoms with E-state index in [1.807, 2.05) is 0 Å². The fraction of sp³-hybridized carbons (Fsp3) is 0.188. The first-order valence-corrected chi connectivity index (χ1v) is 6.75. The van der Waals surface area contributed by atoms with Gasteiger partial charge in [-0.2, -0.15) is 0 Å². The Hall–Kier alpha value is -2.93. The van der Waals surface area contributed by atoms with Gasteiger partial charge in [0, 0.05) is 5.56 Å². The van der Waals surface area contributed by atoms with Crippen molar-refractivity contribution >= 4 is 5.78 Å². The molecule has 7 nitrogen and oxygen atoms in total. The molecule has 0 bridgehead atoms. The maximum Gasteiger partial charge on any atom is 0.201 e. The Morgan fingerprint density at radius 1 is 1.09 bits per heavy atom. The van der Waals surface area contributed by atoms with Crippen LogP contribution in [-0.2, 0) is 0 Å². The summed E-state index contributed by atoms with van der Waals surface area (Å²) in [6.45, 7) is 0. The van der Waals surface area contributed by atoms with Crippen molar-refractivity contribution in [3.63, 3.8) is 0 Å². The Balaban J connectivity index is 2.13. The maximum atomic E-state index is 12.3. The molecule has 1 heterocycles. The van der Waals surface area contributed by atoms with Crippen LogP contribution < -0.4 is 9.47 Å². The van der Waals surface area contributed by atoms with E-state index in [4.69, 9.17) is 9.47 Å². The molecule has 4 N–H and O–H groups in total. The van der Waals surface area contributed by atoms with Gasteiger partial charge in [-0.3, -0.25) is 4.79 Å². The number of hydrogen-bond donors (Lipinski definition) is 4. The van der Waals surface area contributed by atoms with E-state index in [0.29, 0.717) is 0 Å². The number of Topliss-reactive ketones (excluding diaryl/α,β-unsaturated/α-hetero) is 1. The van der Waals surface area contributed by atoms with Gasteiger partial charge in [0.25, 0.3) is 0 Å². The Morgan fingerprint density at radius 2 is 1.83 bits per heavy atom. The number of aliphatic hydroxyl groups excluding tert-OH is 1. The first-order chi connectivity index (χ1) is 11.0. The van der Waals surface area contributed by atoms with Gasteiger partial charge in [0.05, 0.1) is 12.7 Å². The molecular weight excluding hydrogens is 304 g/mol. The number of aliphatic hydroxyl groups is 1. The number of phenolic OH excluding ortho intramolecular Hbond substituents is 3. The zero-order valence-corrected chi connectivity index (χ0v) is 12.1. The third-order valence-electron chi connectivity index (χ3n) is 3.73. The standard InChI is InChI=1S/C16H14O7/c1-22-10-6-5-8-12(19)14(21)16(23-15(8)13(10)20)7-3-2-4-9(17)11(7)18/h2-6,14,16-18,20-21H,1H3/t14-,16+/m0/s1. The number of carbonyl (C=O) groups excluding carboxylic acids is 1. The van der Waals surface area contributed by atoms with Gasteiger partial charge in [0.15, 0.2) is 41.0 Å². The van der Waals surface area contributed by atoms with Crippen molar-refractivity contribution in [2.45, 2.75) is 12.2 Å². The highest BCUT2D eigenvalue weighted by atomic mass is 16.5. The van der Waals surface area contributed by atoms with Gasteiger partial charge in [0.1, 0.15) is 0 Å². The molecule has 23 heavy (non-hydrogen) atoms. The largest absolute Gasteiger partial charge is 0.504 e. The zero-order valence-electron chi connectivity index (χ0n) is 12.1. The van der Waals surface area contributed by atoms with E-state index in [1.54, 1.807) is 0 Å². The van der Waals surface area contributed by atoms with Crippen LogP contribution in [0.25, 0.3) is 0 Å². The average molecular weight is 318 g/mol. The van der Waals surface area contributed by atoms with Gasteiger partial charge in [-0.25, -0.2) is 0 Å². The van der Waals surface area contributed by atoms with Gasteiger partial charge in [0.2, 0.25) is 5.75 Å². The highest BCUT2D eigenvalue weighted by Gasteiger charge is 2.40. The average Bonchev–Trinajstić information content (AvgIpc) is 2.54. The third-order valence-corrected chi connectivity index (χ3v) is 3.73. The molecule has 0 radical (unpaired) electrons. The Kier molecular flexibility index (Phi) is 3.49. The molecule has 0 saturated heterocycles. The van der Waals surface area contributed by atoms with Crippen LogP contribution in [0.4, 0.5) is 0 Å². The van der Waals surface area contributed by atoms with Crippen molar-refractivity contribution in [1.29, 1.82) is 0 Å². The molecule has 0 aromatic heterocycles. The van der Waals surface area contributed by atoms with Gasteiger partial charge in [-0.1, -0.05) is 12.1 Å². The van der Waals surface area contributed by atoms with E-state index >= 15 is 0 Å². The second-order valence-electron chi connectivity index (χ2n) is 5.06. The number of aromatic hydroxyl groups is 3. The summed E-state index contributed by atoms with van der Waals surface area (Å²) in [5.74, 6) is -2.01. The van der Waals surface area contributed by atoms with Gasteiger partial charge in [-0.15, -0.1) is 0 Å². The zero-order chi connectivity index (χ0) is 16.7. The summed E-state index contributed by atoms with van der Waals surface area (Å²) in [5.41, 5.74) is 0.0328. The van der Waals surface area contributed by atoms with Crippen LogP contribution in [0, 0.1) is 0 Å². The second-order valence-corrected chi connectivity index (χ2v) is 5.06. The predicted molar refractivity (Wildman–Crippen MR) is 78.1 cm³/mol. The number of carbonyl (C=O) groups is 1. The Morgan fingerprint density at radius 3 is 2.52 bits per heavy atom. The molecular formula is C16H14O7. The highest BCUT2D eigenvalue weighted by molar-refractivity contribution is 6.04. The van der Waals surface area contributed by atoms with Crippen LogP contribution in [0.1, 0.15) is 22.0 Å². The monoisotopic (exact) mass is 318 g/mol. The Bertz CT molecular complexity index is 784. The first-order valence-electron chi connectivity index (χ1n) is 6.75. The Labute approximate surface area is 131 Å². The van der Waals surface area contributed by atoms with E-state index in [0.717, 1.165) is 0 Å². The lowest BCUT2D eigenvalue weighted by atomic mass is 9.92. The van der Waals surface area contributed by atoms with Crippen LogP contribution in [0.2, 0.25) is 0 Å². The first kappa shape index (κ1) is 15.0. The lowest BCUT2D eigenvalue weighted by Gasteiger charge is -2.30. The quantitative estimate of drug-likeness (QED) is 0.620. The number of para-hydroxylation sites is 1. The summed E-state index contributed by atoms with van der Waals surface area (Å²) in [6.07, 6.45) is -2.87. The minimum Gasteiger partial charge on any atom is -0.504 e. The molecule has 2 aromatic rings. The molecule has 7 heteroatoms. The summed E-state index contributed by atoms with van der Waals surface area (Å²) in [4.78, 5) is 12.3. The number of rotatable bonds is 2. The van der Waals surface area contributed by atoms with Crippen molar-refractivity contribution in [2.24, 2.45) is 0 Å². The van der Waals surface area contributed by atoms with Crippen LogP contribution in [0.3, 0.4) is 0 Å². The molecule has 1 aliphatic heterocycles. The van der Waals surface area contributed by atoms with Crippen LogP contribution in [-0.4, -0.2) is 39.4 Å². The van der Waals surface area contributed by atoms with E-state index in [-0.39, 0.29) is 28.4 Å². The number of benzene rings is 2. The third kappa shape index (κ3) is 2.22. The fourth-order valence-corrected chi connectivity index (χ4v) is 2.53.